The molecule has 0 radical (unpaired) electrons. The molecule has 3 aromatic carbocycles. The van der Waals surface area contributed by atoms with Gasteiger partial charge in [0.15, 0.2) is 0 Å². The molecule has 0 bridgehead atoms. The molecule has 1 aromatic heterocycles. The lowest BCUT2D eigenvalue weighted by Gasteiger charge is -2.10. The highest BCUT2D eigenvalue weighted by Crippen LogP contribution is 2.29. The topological polar surface area (TPSA) is 54.4 Å². The number of pyridine rings is 1. The van der Waals surface area contributed by atoms with E-state index in [0.717, 1.165) is 5.56 Å². The fraction of sp³-hybridized carbons (Fsp3) is 0. The molecule has 0 aliphatic heterocycles. The van der Waals surface area contributed by atoms with Gasteiger partial charge in [-0.15, -0.1) is 0 Å². The Labute approximate surface area is 171 Å². The maximum atomic E-state index is 13.0. The summed E-state index contributed by atoms with van der Waals surface area (Å²) in [4.78, 5) is 17.5. The molecule has 0 aliphatic carbocycles. The van der Waals surface area contributed by atoms with E-state index in [0.29, 0.717) is 32.7 Å². The summed E-state index contributed by atoms with van der Waals surface area (Å²) in [6.45, 7) is 0. The Morgan fingerprint density at radius 1 is 1.00 bits per heavy atom. The molecule has 1 heterocycles. The molecule has 1 N–H and O–H groups in total. The van der Waals surface area contributed by atoms with Gasteiger partial charge in [-0.05, 0) is 35.9 Å². The molecule has 0 saturated heterocycles. The van der Waals surface area contributed by atoms with Crippen LogP contribution in [0.3, 0.4) is 0 Å². The molecule has 4 rings (SSSR count). The molecule has 142 valence electrons. The second-order valence-electron chi connectivity index (χ2n) is 6.30. The van der Waals surface area contributed by atoms with Crippen molar-refractivity contribution in [3.8, 4) is 11.3 Å². The van der Waals surface area contributed by atoms with Crippen molar-refractivity contribution < 1.29 is 9.18 Å². The van der Waals surface area contributed by atoms with Crippen LogP contribution in [0.15, 0.2) is 84.0 Å². The van der Waals surface area contributed by atoms with Crippen LogP contribution in [-0.4, -0.2) is 17.1 Å². The first-order valence-electron chi connectivity index (χ1n) is 8.85. The minimum atomic E-state index is -0.379. The van der Waals surface area contributed by atoms with Gasteiger partial charge in [0.05, 0.1) is 23.0 Å². The molecule has 0 spiro atoms. The normalized spacial score (nSPS) is 11.1. The number of rotatable bonds is 4. The number of carbonyl (C=O) groups excluding carboxylic acids is 1. The van der Waals surface area contributed by atoms with Crippen LogP contribution in [0.25, 0.3) is 22.2 Å². The highest BCUT2D eigenvalue weighted by atomic mass is 35.5. The number of hydrazone groups is 1. The molecular weight excluding hydrogens is 389 g/mol. The maximum Gasteiger partial charge on any atom is 0.272 e. The zero-order chi connectivity index (χ0) is 20.2. The van der Waals surface area contributed by atoms with E-state index < -0.39 is 0 Å². The molecule has 6 heteroatoms. The second kappa shape index (κ2) is 8.20. The van der Waals surface area contributed by atoms with Gasteiger partial charge in [0.1, 0.15) is 5.82 Å². The van der Waals surface area contributed by atoms with Gasteiger partial charge in [-0.1, -0.05) is 60.1 Å². The minimum absolute atomic E-state index is 0.332. The average Bonchev–Trinajstić information content (AvgIpc) is 2.74. The molecule has 0 saturated carbocycles. The summed E-state index contributed by atoms with van der Waals surface area (Å²) < 4.78 is 13.0. The number of halogens is 2. The van der Waals surface area contributed by atoms with Gasteiger partial charge >= 0.3 is 0 Å². The van der Waals surface area contributed by atoms with Crippen molar-refractivity contribution in [2.75, 3.05) is 0 Å². The van der Waals surface area contributed by atoms with Gasteiger partial charge in [0.2, 0.25) is 0 Å². The predicted octanol–water partition coefficient (Wildman–Crippen LogP) is 5.46. The average molecular weight is 404 g/mol. The smallest absolute Gasteiger partial charge is 0.267 e. The summed E-state index contributed by atoms with van der Waals surface area (Å²) in [5.74, 6) is -0.711. The van der Waals surface area contributed by atoms with Gasteiger partial charge in [0, 0.05) is 16.0 Å². The Kier molecular flexibility index (Phi) is 5.31. The van der Waals surface area contributed by atoms with Crippen molar-refractivity contribution in [1.82, 2.24) is 10.4 Å². The number of nitrogens with zero attached hydrogens (tertiary/aromatic N) is 2. The molecule has 4 nitrogen and oxygen atoms in total. The van der Waals surface area contributed by atoms with Crippen LogP contribution in [-0.2, 0) is 0 Å². The third-order valence-corrected chi connectivity index (χ3v) is 4.69. The Morgan fingerprint density at radius 2 is 1.72 bits per heavy atom. The minimum Gasteiger partial charge on any atom is -0.267 e. The fourth-order valence-corrected chi connectivity index (χ4v) is 3.18. The van der Waals surface area contributed by atoms with E-state index >= 15 is 0 Å². The lowest BCUT2D eigenvalue weighted by atomic mass is 10.0. The van der Waals surface area contributed by atoms with E-state index in [2.05, 4.69) is 15.5 Å². The molecule has 0 fully saturated rings. The van der Waals surface area contributed by atoms with Crippen LogP contribution >= 0.6 is 11.6 Å². The fourth-order valence-electron chi connectivity index (χ4n) is 2.94. The summed E-state index contributed by atoms with van der Waals surface area (Å²) in [5.41, 5.74) is 5.64. The predicted molar refractivity (Wildman–Crippen MR) is 114 cm³/mol. The van der Waals surface area contributed by atoms with Crippen LogP contribution in [0.2, 0.25) is 5.02 Å². The van der Waals surface area contributed by atoms with Crippen LogP contribution in [0, 0.1) is 5.82 Å². The molecule has 4 aromatic rings. The zero-order valence-corrected chi connectivity index (χ0v) is 15.9. The number of carbonyl (C=O) groups is 1. The largest absolute Gasteiger partial charge is 0.272 e. The molecule has 0 atom stereocenters. The van der Waals surface area contributed by atoms with Crippen molar-refractivity contribution in [1.29, 1.82) is 0 Å². The van der Waals surface area contributed by atoms with E-state index in [1.807, 2.05) is 42.5 Å². The number of para-hydroxylation sites is 1. The number of benzene rings is 3. The number of hydrogen-bond acceptors (Lipinski definition) is 3. The standard InChI is InChI=1S/C23H15ClFN3O/c24-20-7-3-1-6-18(20)22-13-19(17-5-2-4-8-21(17)27-22)23(29)28-26-14-15-9-11-16(25)12-10-15/h1-14H,(H,28,29)/b26-14-. The molecular formula is C23H15ClFN3O. The Balaban J connectivity index is 1.69. The van der Waals surface area contributed by atoms with Gasteiger partial charge in [-0.25, -0.2) is 14.8 Å². The van der Waals surface area contributed by atoms with Crippen molar-refractivity contribution in [2.45, 2.75) is 0 Å². The summed E-state index contributed by atoms with van der Waals surface area (Å²) in [6, 6.07) is 22.2. The summed E-state index contributed by atoms with van der Waals surface area (Å²) >= 11 is 6.31. The second-order valence-corrected chi connectivity index (χ2v) is 6.71. The van der Waals surface area contributed by atoms with Crippen molar-refractivity contribution in [3.05, 3.63) is 101 Å². The van der Waals surface area contributed by atoms with E-state index in [1.54, 1.807) is 24.3 Å². The van der Waals surface area contributed by atoms with Crippen molar-refractivity contribution >= 4 is 34.6 Å². The zero-order valence-electron chi connectivity index (χ0n) is 15.1. The number of aromatic nitrogens is 1. The number of nitrogens with one attached hydrogen (secondary N) is 1. The molecule has 0 unspecified atom stereocenters. The van der Waals surface area contributed by atoms with Crippen LogP contribution in [0.1, 0.15) is 15.9 Å². The van der Waals surface area contributed by atoms with Crippen LogP contribution < -0.4 is 5.43 Å². The highest BCUT2D eigenvalue weighted by Gasteiger charge is 2.14. The third-order valence-electron chi connectivity index (χ3n) is 4.36. The maximum absolute atomic E-state index is 13.0. The summed E-state index contributed by atoms with van der Waals surface area (Å²) in [6.07, 6.45) is 1.45. The van der Waals surface area contributed by atoms with Gasteiger partial charge in [-0.3, -0.25) is 4.79 Å². The van der Waals surface area contributed by atoms with E-state index in [4.69, 9.17) is 11.6 Å². The monoisotopic (exact) mass is 403 g/mol. The van der Waals surface area contributed by atoms with E-state index in [9.17, 15) is 9.18 Å². The van der Waals surface area contributed by atoms with E-state index in [1.165, 1.54) is 18.3 Å². The van der Waals surface area contributed by atoms with E-state index in [-0.39, 0.29) is 11.7 Å². The lowest BCUT2D eigenvalue weighted by Crippen LogP contribution is -2.18. The Hall–Kier alpha value is -3.57. The molecule has 1 amide bonds. The van der Waals surface area contributed by atoms with Gasteiger partial charge in [-0.2, -0.15) is 5.10 Å². The third kappa shape index (κ3) is 4.15. The first-order chi connectivity index (χ1) is 14.1. The van der Waals surface area contributed by atoms with Crippen LogP contribution in [0.5, 0.6) is 0 Å². The Bertz CT molecular complexity index is 1220. The first kappa shape index (κ1) is 18.8. The first-order valence-corrected chi connectivity index (χ1v) is 9.23. The summed E-state index contributed by atoms with van der Waals surface area (Å²) in [7, 11) is 0. The van der Waals surface area contributed by atoms with Crippen molar-refractivity contribution in [3.63, 3.8) is 0 Å². The molecule has 0 aliphatic rings. The van der Waals surface area contributed by atoms with Gasteiger partial charge < -0.3 is 0 Å². The number of hydrogen-bond donors (Lipinski definition) is 1. The Morgan fingerprint density at radius 3 is 2.52 bits per heavy atom. The van der Waals surface area contributed by atoms with Gasteiger partial charge in [0.25, 0.3) is 5.91 Å². The molecule has 29 heavy (non-hydrogen) atoms. The number of fused-ring (bicyclic) bond motifs is 1. The quantitative estimate of drug-likeness (QED) is 0.363. The van der Waals surface area contributed by atoms with Crippen LogP contribution in [0.4, 0.5) is 4.39 Å². The SMILES string of the molecule is O=C(N/N=C\c1ccc(F)cc1)c1cc(-c2ccccc2Cl)nc2ccccc12. The lowest BCUT2D eigenvalue weighted by molar-refractivity contribution is 0.0956. The number of amides is 1. The highest BCUT2D eigenvalue weighted by molar-refractivity contribution is 6.33. The van der Waals surface area contributed by atoms with Crippen molar-refractivity contribution in [2.24, 2.45) is 5.10 Å². The summed E-state index contributed by atoms with van der Waals surface area (Å²) in [5, 5.41) is 5.24.